The summed E-state index contributed by atoms with van der Waals surface area (Å²) < 4.78 is 0. The molecule has 4 aromatic rings. The number of nitrogens with one attached hydrogen (secondary N) is 3. The average Bonchev–Trinajstić information content (AvgIpc) is 3.27. The van der Waals surface area contributed by atoms with Gasteiger partial charge in [-0.25, -0.2) is 0 Å². The van der Waals surface area contributed by atoms with E-state index in [1.54, 1.807) is 0 Å². The van der Waals surface area contributed by atoms with Gasteiger partial charge in [-0.05, 0) is 61.4 Å². The fourth-order valence-electron chi connectivity index (χ4n) is 4.48. The molecule has 5 heteroatoms. The normalized spacial score (nSPS) is 11.8. The molecular weight excluding hydrogens is 434 g/mol. The molecule has 5 nitrogen and oxygen atoms in total. The van der Waals surface area contributed by atoms with Crippen LogP contribution in [-0.4, -0.2) is 22.8 Å². The second-order valence-electron chi connectivity index (χ2n) is 9.13. The number of carbonyl (C=O) groups excluding carboxylic acids is 2. The van der Waals surface area contributed by atoms with Crippen LogP contribution in [0.1, 0.15) is 41.5 Å². The predicted molar refractivity (Wildman–Crippen MR) is 142 cm³/mol. The molecule has 0 saturated heterocycles. The van der Waals surface area contributed by atoms with Gasteiger partial charge in [-0.15, -0.1) is 0 Å². The van der Waals surface area contributed by atoms with E-state index in [1.807, 2.05) is 80.7 Å². The summed E-state index contributed by atoms with van der Waals surface area (Å²) in [6.07, 6.45) is 5.39. The van der Waals surface area contributed by atoms with E-state index in [2.05, 4.69) is 27.8 Å². The smallest absolute Gasteiger partial charge is 0.247 e. The van der Waals surface area contributed by atoms with Crippen LogP contribution in [0, 0.1) is 13.8 Å². The number of unbranched alkanes of at least 4 members (excludes halogenated alkanes) is 1. The minimum atomic E-state index is -0.671. The Hall–Kier alpha value is -3.86. The molecule has 0 saturated carbocycles. The number of amides is 2. The van der Waals surface area contributed by atoms with Gasteiger partial charge in [-0.3, -0.25) is 9.59 Å². The summed E-state index contributed by atoms with van der Waals surface area (Å²) in [4.78, 5) is 29.5. The van der Waals surface area contributed by atoms with E-state index in [-0.39, 0.29) is 11.8 Å². The van der Waals surface area contributed by atoms with Crippen LogP contribution in [0.15, 0.2) is 79.0 Å². The summed E-state index contributed by atoms with van der Waals surface area (Å²) in [6, 6.07) is 23.5. The van der Waals surface area contributed by atoms with Crippen molar-refractivity contribution in [2.24, 2.45) is 0 Å². The van der Waals surface area contributed by atoms with Gasteiger partial charge in [0, 0.05) is 35.6 Å². The number of aryl methyl sites for hydroxylation is 3. The first-order valence-corrected chi connectivity index (χ1v) is 12.3. The second-order valence-corrected chi connectivity index (χ2v) is 9.13. The van der Waals surface area contributed by atoms with Crippen molar-refractivity contribution in [2.75, 3.05) is 5.32 Å². The number of hydrogen-bond acceptors (Lipinski definition) is 2. The van der Waals surface area contributed by atoms with Gasteiger partial charge < -0.3 is 15.6 Å². The van der Waals surface area contributed by atoms with Crippen molar-refractivity contribution in [1.29, 1.82) is 0 Å². The highest BCUT2D eigenvalue weighted by molar-refractivity contribution is 5.99. The molecule has 35 heavy (non-hydrogen) atoms. The number of hydrogen-bond donors (Lipinski definition) is 3. The Morgan fingerprint density at radius 3 is 2.34 bits per heavy atom. The first-order valence-electron chi connectivity index (χ1n) is 12.3. The summed E-state index contributed by atoms with van der Waals surface area (Å²) >= 11 is 0. The zero-order valence-corrected chi connectivity index (χ0v) is 20.4. The van der Waals surface area contributed by atoms with Crippen LogP contribution in [0.25, 0.3) is 10.9 Å². The van der Waals surface area contributed by atoms with Crippen LogP contribution < -0.4 is 10.6 Å². The summed E-state index contributed by atoms with van der Waals surface area (Å²) in [5.74, 6) is -0.301. The van der Waals surface area contributed by atoms with E-state index in [0.29, 0.717) is 12.8 Å². The third kappa shape index (κ3) is 6.38. The lowest BCUT2D eigenvalue weighted by Crippen LogP contribution is -2.45. The molecule has 0 aliphatic rings. The number of anilines is 1. The summed E-state index contributed by atoms with van der Waals surface area (Å²) in [7, 11) is 0. The van der Waals surface area contributed by atoms with Gasteiger partial charge in [-0.2, -0.15) is 0 Å². The molecule has 180 valence electrons. The number of rotatable bonds is 10. The van der Waals surface area contributed by atoms with Crippen LogP contribution in [0.4, 0.5) is 5.69 Å². The van der Waals surface area contributed by atoms with Crippen molar-refractivity contribution in [3.05, 3.63) is 101 Å². The van der Waals surface area contributed by atoms with Crippen LogP contribution >= 0.6 is 0 Å². The molecule has 0 fully saturated rings. The van der Waals surface area contributed by atoms with E-state index < -0.39 is 6.04 Å². The Labute approximate surface area is 207 Å². The lowest BCUT2D eigenvalue weighted by atomic mass is 10.0. The standard InChI is InChI=1S/C30H33N3O2/c1-21-11-10-12-22(2)29(21)33-30(35)27(19-24-20-31-26-17-8-7-16-25(24)26)32-28(34)18-9-6-15-23-13-4-3-5-14-23/h3-5,7-8,10-14,16-17,20,27,31H,6,9,15,18-19H2,1-2H3,(H,32,34)(H,33,35). The van der Waals surface area contributed by atoms with E-state index >= 15 is 0 Å². The topological polar surface area (TPSA) is 74.0 Å². The molecule has 2 amide bonds. The molecule has 0 aliphatic carbocycles. The fourth-order valence-corrected chi connectivity index (χ4v) is 4.48. The summed E-state index contributed by atoms with van der Waals surface area (Å²) in [5.41, 5.74) is 6.10. The van der Waals surface area contributed by atoms with Crippen molar-refractivity contribution in [1.82, 2.24) is 10.3 Å². The molecule has 0 bridgehead atoms. The second kappa shape index (κ2) is 11.5. The molecule has 0 aliphatic heterocycles. The van der Waals surface area contributed by atoms with E-state index in [9.17, 15) is 9.59 Å². The highest BCUT2D eigenvalue weighted by Crippen LogP contribution is 2.22. The highest BCUT2D eigenvalue weighted by Gasteiger charge is 2.23. The maximum Gasteiger partial charge on any atom is 0.247 e. The van der Waals surface area contributed by atoms with Gasteiger partial charge in [0.25, 0.3) is 0 Å². The van der Waals surface area contributed by atoms with Crippen LogP contribution in [0.3, 0.4) is 0 Å². The summed E-state index contributed by atoms with van der Waals surface area (Å²) in [5, 5.41) is 7.15. The fraction of sp³-hybridized carbons (Fsp3) is 0.267. The summed E-state index contributed by atoms with van der Waals surface area (Å²) in [6.45, 7) is 3.95. The number of fused-ring (bicyclic) bond motifs is 1. The molecule has 1 heterocycles. The Balaban J connectivity index is 1.44. The minimum Gasteiger partial charge on any atom is -0.361 e. The maximum absolute atomic E-state index is 13.4. The van der Waals surface area contributed by atoms with E-state index in [0.717, 1.165) is 52.5 Å². The monoisotopic (exact) mass is 467 g/mol. The molecule has 3 aromatic carbocycles. The quantitative estimate of drug-likeness (QED) is 0.255. The molecular formula is C30H33N3O2. The van der Waals surface area contributed by atoms with Crippen molar-refractivity contribution >= 4 is 28.4 Å². The molecule has 1 unspecified atom stereocenters. The zero-order chi connectivity index (χ0) is 24.6. The van der Waals surface area contributed by atoms with Crippen molar-refractivity contribution < 1.29 is 9.59 Å². The Morgan fingerprint density at radius 1 is 0.857 bits per heavy atom. The van der Waals surface area contributed by atoms with Crippen molar-refractivity contribution in [3.63, 3.8) is 0 Å². The molecule has 0 spiro atoms. The highest BCUT2D eigenvalue weighted by atomic mass is 16.2. The number of para-hydroxylation sites is 2. The SMILES string of the molecule is Cc1cccc(C)c1NC(=O)C(Cc1c[nH]c2ccccc12)NC(=O)CCCCc1ccccc1. The number of aromatic nitrogens is 1. The molecule has 1 aromatic heterocycles. The van der Waals surface area contributed by atoms with Gasteiger partial charge in [0.05, 0.1) is 0 Å². The van der Waals surface area contributed by atoms with Crippen LogP contribution in [0.5, 0.6) is 0 Å². The van der Waals surface area contributed by atoms with Gasteiger partial charge in [-0.1, -0.05) is 66.7 Å². The van der Waals surface area contributed by atoms with Gasteiger partial charge in [0.1, 0.15) is 6.04 Å². The van der Waals surface area contributed by atoms with Gasteiger partial charge in [0.2, 0.25) is 11.8 Å². The van der Waals surface area contributed by atoms with E-state index in [1.165, 1.54) is 5.56 Å². The van der Waals surface area contributed by atoms with Crippen LogP contribution in [-0.2, 0) is 22.4 Å². The average molecular weight is 468 g/mol. The molecule has 0 radical (unpaired) electrons. The lowest BCUT2D eigenvalue weighted by molar-refractivity contribution is -0.126. The number of aromatic amines is 1. The van der Waals surface area contributed by atoms with Gasteiger partial charge in [0.15, 0.2) is 0 Å². The largest absolute Gasteiger partial charge is 0.361 e. The first-order chi connectivity index (χ1) is 17.0. The molecule has 4 rings (SSSR count). The van der Waals surface area contributed by atoms with Crippen molar-refractivity contribution in [3.8, 4) is 0 Å². The Kier molecular flexibility index (Phi) is 7.99. The lowest BCUT2D eigenvalue weighted by Gasteiger charge is -2.20. The van der Waals surface area contributed by atoms with Gasteiger partial charge >= 0.3 is 0 Å². The zero-order valence-electron chi connectivity index (χ0n) is 20.4. The first kappa shape index (κ1) is 24.3. The predicted octanol–water partition coefficient (Wildman–Crippen LogP) is 5.86. The Morgan fingerprint density at radius 2 is 1.57 bits per heavy atom. The Bertz CT molecular complexity index is 1270. The van der Waals surface area contributed by atoms with Crippen molar-refractivity contribution in [2.45, 2.75) is 52.0 Å². The molecule has 1 atom stereocenters. The number of carbonyl (C=O) groups is 2. The third-order valence-corrected chi connectivity index (χ3v) is 6.44. The number of H-pyrrole nitrogens is 1. The van der Waals surface area contributed by atoms with E-state index in [4.69, 9.17) is 0 Å². The number of benzene rings is 3. The van der Waals surface area contributed by atoms with Crippen LogP contribution in [0.2, 0.25) is 0 Å². The minimum absolute atomic E-state index is 0.0976. The third-order valence-electron chi connectivity index (χ3n) is 6.44. The maximum atomic E-state index is 13.4. The molecule has 3 N–H and O–H groups in total.